The van der Waals surface area contributed by atoms with Crippen LogP contribution in [0.2, 0.25) is 0 Å². The molecule has 1 atom stereocenters. The molecule has 38 heavy (non-hydrogen) atoms. The first-order chi connectivity index (χ1) is 17.8. The zero-order valence-electron chi connectivity index (χ0n) is 22.0. The van der Waals surface area contributed by atoms with Gasteiger partial charge in [-0.15, -0.1) is 20.4 Å². The van der Waals surface area contributed by atoms with E-state index >= 15 is 0 Å². The van der Waals surface area contributed by atoms with Crippen molar-refractivity contribution < 1.29 is 28.9 Å². The summed E-state index contributed by atoms with van der Waals surface area (Å²) in [5, 5.41) is 33.9. The number of carbonyl (C=O) groups is 2. The van der Waals surface area contributed by atoms with Crippen LogP contribution in [0.1, 0.15) is 69.8 Å². The number of allylic oxidation sites excluding steroid dienone is 1. The van der Waals surface area contributed by atoms with E-state index in [2.05, 4.69) is 44.2 Å². The number of nitrogens with one attached hydrogen (secondary N) is 2. The number of amides is 2. The molecule has 208 valence electrons. The van der Waals surface area contributed by atoms with Gasteiger partial charge < -0.3 is 30.0 Å². The van der Waals surface area contributed by atoms with Gasteiger partial charge in [-0.3, -0.25) is 9.59 Å². The number of aryl methyl sites for hydroxylation is 2. The summed E-state index contributed by atoms with van der Waals surface area (Å²) < 4.78 is 16.4. The molecule has 2 aromatic heterocycles. The lowest BCUT2D eigenvalue weighted by atomic mass is 10.2. The van der Waals surface area contributed by atoms with Gasteiger partial charge in [0.2, 0.25) is 33.7 Å². The second kappa shape index (κ2) is 12.7. The number of aliphatic hydroxyl groups is 1. The number of hydrogen-bond donors (Lipinski definition) is 3. The second-order valence-electron chi connectivity index (χ2n) is 9.67. The zero-order chi connectivity index (χ0) is 27.9. The summed E-state index contributed by atoms with van der Waals surface area (Å²) in [6, 6.07) is 0. The predicted molar refractivity (Wildman–Crippen MR) is 143 cm³/mol. The Balaban J connectivity index is 1.32. The number of hydrogen-bond acceptors (Lipinski definition) is 12. The van der Waals surface area contributed by atoms with Crippen molar-refractivity contribution in [1.29, 1.82) is 0 Å². The summed E-state index contributed by atoms with van der Waals surface area (Å²) in [5.41, 5.74) is 0. The molecule has 2 amide bonds. The number of aromatic nitrogens is 4. The molecule has 1 aliphatic rings. The average Bonchev–Trinajstić information content (AvgIpc) is 3.48. The van der Waals surface area contributed by atoms with Gasteiger partial charge in [-0.05, 0) is 12.8 Å². The Kier molecular flexibility index (Phi) is 9.93. The minimum atomic E-state index is -1.33. The molecule has 14 heteroatoms. The van der Waals surface area contributed by atoms with Crippen molar-refractivity contribution in [3.63, 3.8) is 0 Å². The van der Waals surface area contributed by atoms with E-state index in [9.17, 15) is 14.7 Å². The molecular weight excluding hydrogens is 532 g/mol. The fraction of sp³-hybridized carbons (Fsp3) is 0.583. The van der Waals surface area contributed by atoms with Gasteiger partial charge in [0.25, 0.3) is 0 Å². The molecule has 2 aromatic rings. The quantitative estimate of drug-likeness (QED) is 0.174. The SMILES string of the molecule is C=C(CCC(=O)Nc1nnc(CCCCc2nnc(NC(=O)CC3OC(C)(C)OC3=C)s2)s1)OC(C)(C)O. The number of carbonyl (C=O) groups excluding carboxylic acids is 2. The summed E-state index contributed by atoms with van der Waals surface area (Å²) in [6.07, 6.45) is 3.19. The highest BCUT2D eigenvalue weighted by atomic mass is 32.1. The van der Waals surface area contributed by atoms with Gasteiger partial charge in [0, 0.05) is 53.4 Å². The van der Waals surface area contributed by atoms with Crippen LogP contribution in [0.4, 0.5) is 10.3 Å². The maximum Gasteiger partial charge on any atom is 0.229 e. The van der Waals surface area contributed by atoms with E-state index in [0.29, 0.717) is 21.8 Å². The first-order valence-electron chi connectivity index (χ1n) is 12.2. The molecule has 0 radical (unpaired) electrons. The van der Waals surface area contributed by atoms with Crippen LogP contribution in [0, 0.1) is 0 Å². The molecule has 0 saturated carbocycles. The van der Waals surface area contributed by atoms with Gasteiger partial charge in [-0.25, -0.2) is 0 Å². The van der Waals surface area contributed by atoms with Gasteiger partial charge in [-0.1, -0.05) is 35.8 Å². The molecule has 3 rings (SSSR count). The third kappa shape index (κ3) is 10.1. The van der Waals surface area contributed by atoms with Gasteiger partial charge in [0.15, 0.2) is 0 Å². The highest BCUT2D eigenvalue weighted by Crippen LogP contribution is 2.31. The van der Waals surface area contributed by atoms with Gasteiger partial charge >= 0.3 is 0 Å². The van der Waals surface area contributed by atoms with Gasteiger partial charge in [0.05, 0.1) is 12.2 Å². The monoisotopic (exact) mass is 566 g/mol. The highest BCUT2D eigenvalue weighted by Gasteiger charge is 2.37. The van der Waals surface area contributed by atoms with Crippen LogP contribution >= 0.6 is 22.7 Å². The Morgan fingerprint density at radius 2 is 1.58 bits per heavy atom. The lowest BCUT2D eigenvalue weighted by Crippen LogP contribution is -2.24. The zero-order valence-corrected chi connectivity index (χ0v) is 23.7. The molecule has 0 spiro atoms. The normalized spacial score (nSPS) is 16.7. The molecule has 1 unspecified atom stereocenters. The van der Waals surface area contributed by atoms with Crippen LogP contribution in [-0.2, 0) is 36.6 Å². The molecule has 3 heterocycles. The lowest BCUT2D eigenvalue weighted by molar-refractivity contribution is -0.149. The number of rotatable bonds is 14. The predicted octanol–water partition coefficient (Wildman–Crippen LogP) is 3.93. The largest absolute Gasteiger partial charge is 0.468 e. The fourth-order valence-electron chi connectivity index (χ4n) is 3.51. The van der Waals surface area contributed by atoms with E-state index < -0.39 is 17.7 Å². The van der Waals surface area contributed by atoms with E-state index in [-0.39, 0.29) is 31.1 Å². The van der Waals surface area contributed by atoms with Crippen LogP contribution in [-0.4, -0.2) is 55.0 Å². The summed E-state index contributed by atoms with van der Waals surface area (Å²) in [7, 11) is 0. The summed E-state index contributed by atoms with van der Waals surface area (Å²) in [5.74, 6) is -1.82. The minimum Gasteiger partial charge on any atom is -0.468 e. The maximum absolute atomic E-state index is 12.3. The molecule has 1 fully saturated rings. The van der Waals surface area contributed by atoms with E-state index in [4.69, 9.17) is 14.2 Å². The average molecular weight is 567 g/mol. The van der Waals surface area contributed by atoms with Crippen molar-refractivity contribution in [3.8, 4) is 0 Å². The summed E-state index contributed by atoms with van der Waals surface area (Å²) >= 11 is 2.67. The van der Waals surface area contributed by atoms with Crippen LogP contribution in [0.15, 0.2) is 24.7 Å². The number of nitrogens with zero attached hydrogens (tertiary/aromatic N) is 4. The smallest absolute Gasteiger partial charge is 0.229 e. The van der Waals surface area contributed by atoms with E-state index in [1.807, 2.05) is 0 Å². The van der Waals surface area contributed by atoms with Crippen molar-refractivity contribution in [2.24, 2.45) is 0 Å². The molecule has 0 aliphatic carbocycles. The van der Waals surface area contributed by atoms with Crippen molar-refractivity contribution in [2.75, 3.05) is 10.6 Å². The van der Waals surface area contributed by atoms with Crippen LogP contribution in [0.25, 0.3) is 0 Å². The van der Waals surface area contributed by atoms with E-state index in [0.717, 1.165) is 35.7 Å². The van der Waals surface area contributed by atoms with E-state index in [1.54, 1.807) is 13.8 Å². The topological polar surface area (TPSA) is 158 Å². The first kappa shape index (κ1) is 29.6. The fourth-order valence-corrected chi connectivity index (χ4v) is 5.11. The van der Waals surface area contributed by atoms with Crippen molar-refractivity contribution in [2.45, 2.75) is 90.3 Å². The molecule has 1 saturated heterocycles. The molecule has 1 aliphatic heterocycles. The molecule has 12 nitrogen and oxygen atoms in total. The Hall–Kier alpha value is -2.94. The first-order valence-corrected chi connectivity index (χ1v) is 13.8. The number of unbranched alkanes of at least 4 members (excludes halogenated alkanes) is 1. The van der Waals surface area contributed by atoms with Crippen LogP contribution in [0.3, 0.4) is 0 Å². The number of anilines is 2. The Bertz CT molecular complexity index is 1160. The second-order valence-corrected chi connectivity index (χ2v) is 11.8. The summed E-state index contributed by atoms with van der Waals surface area (Å²) in [4.78, 5) is 24.5. The highest BCUT2D eigenvalue weighted by molar-refractivity contribution is 7.15. The minimum absolute atomic E-state index is 0.0905. The van der Waals surface area contributed by atoms with Crippen LogP contribution in [0.5, 0.6) is 0 Å². The molecule has 0 aromatic carbocycles. The number of ether oxygens (including phenoxy) is 3. The maximum atomic E-state index is 12.3. The lowest BCUT2D eigenvalue weighted by Gasteiger charge is -2.21. The Morgan fingerprint density at radius 3 is 2.08 bits per heavy atom. The van der Waals surface area contributed by atoms with Gasteiger partial charge in [-0.2, -0.15) is 0 Å². The van der Waals surface area contributed by atoms with Crippen molar-refractivity contribution in [1.82, 2.24) is 20.4 Å². The third-order valence-corrected chi connectivity index (χ3v) is 6.81. The Morgan fingerprint density at radius 1 is 1.03 bits per heavy atom. The van der Waals surface area contributed by atoms with Gasteiger partial charge in [0.1, 0.15) is 21.9 Å². The van der Waals surface area contributed by atoms with Crippen molar-refractivity contribution in [3.05, 3.63) is 34.7 Å². The van der Waals surface area contributed by atoms with E-state index in [1.165, 1.54) is 36.5 Å². The summed E-state index contributed by atoms with van der Waals surface area (Å²) in [6.45, 7) is 14.0. The molecule has 0 bridgehead atoms. The van der Waals surface area contributed by atoms with Crippen molar-refractivity contribution >= 4 is 44.8 Å². The third-order valence-electron chi connectivity index (χ3n) is 5.02. The van der Waals surface area contributed by atoms with Crippen LogP contribution < -0.4 is 10.6 Å². The standard InChI is InChI=1S/C24H34N6O6S2/c1-14(34-23(3,4)33)11-12-17(31)25-21-29-27-19(37-21)9-7-8-10-20-28-30-22(38-20)26-18(32)13-16-15(2)35-24(5,6)36-16/h16,33H,1-2,7-13H2,3-6H3,(H,25,29,31)(H,26,30,32). The molecular formula is C24H34N6O6S2. The Labute approximate surface area is 229 Å². The molecule has 3 N–H and O–H groups in total.